The third-order valence-electron chi connectivity index (χ3n) is 1.78. The van der Waals surface area contributed by atoms with Crippen molar-refractivity contribution < 1.29 is 19.6 Å². The van der Waals surface area contributed by atoms with Crippen LogP contribution in [0.1, 0.15) is 0 Å². The van der Waals surface area contributed by atoms with Gasteiger partial charge in [0.1, 0.15) is 6.61 Å². The van der Waals surface area contributed by atoms with Gasteiger partial charge < -0.3 is 9.84 Å². The Morgan fingerprint density at radius 2 is 2.29 bits per heavy atom. The van der Waals surface area contributed by atoms with Crippen molar-refractivity contribution in [1.29, 1.82) is 0 Å². The molecular weight excluding hydrogens is 317 g/mol. The van der Waals surface area contributed by atoms with Crippen molar-refractivity contribution in [2.24, 2.45) is 0 Å². The Balaban J connectivity index is 2.90. The minimum absolute atomic E-state index is 0.0376. The highest BCUT2D eigenvalue weighted by Gasteiger charge is 2.21. The van der Waals surface area contributed by atoms with Crippen LogP contribution in [-0.2, 0) is 4.79 Å². The third kappa shape index (κ3) is 3.57. The molecule has 0 fully saturated rings. The lowest BCUT2D eigenvalue weighted by Gasteiger charge is -2.09. The normalized spacial score (nSPS) is 11.9. The molecule has 0 radical (unpaired) electrons. The van der Waals surface area contributed by atoms with Gasteiger partial charge >= 0.3 is 11.7 Å². The summed E-state index contributed by atoms with van der Waals surface area (Å²) in [7, 11) is 0. The van der Waals surface area contributed by atoms with Crippen molar-refractivity contribution in [2.75, 3.05) is 6.61 Å². The minimum atomic E-state index is -1.26. The summed E-state index contributed by atoms with van der Waals surface area (Å²) in [5, 5.41) is 18.0. The molecule has 0 aliphatic carbocycles. The van der Waals surface area contributed by atoms with Crippen molar-refractivity contribution >= 4 is 39.2 Å². The second kappa shape index (κ2) is 5.83. The Morgan fingerprint density at radius 1 is 1.65 bits per heavy atom. The van der Waals surface area contributed by atoms with E-state index in [1.54, 1.807) is 6.07 Å². The molecule has 6 nitrogen and oxygen atoms in total. The molecule has 0 bridgehead atoms. The average molecular weight is 325 g/mol. The lowest BCUT2D eigenvalue weighted by atomic mass is 10.3. The van der Waals surface area contributed by atoms with Crippen LogP contribution in [0.2, 0.25) is 0 Å². The molecule has 0 aliphatic rings. The summed E-state index contributed by atoms with van der Waals surface area (Å²) in [5.74, 6) is -1.29. The average Bonchev–Trinajstić information content (AvgIpc) is 2.26. The van der Waals surface area contributed by atoms with E-state index in [0.717, 1.165) is 0 Å². The van der Waals surface area contributed by atoms with Crippen LogP contribution >= 0.6 is 27.5 Å². The van der Waals surface area contributed by atoms with Crippen molar-refractivity contribution in [2.45, 2.75) is 5.38 Å². The molecule has 1 N–H and O–H groups in total. The predicted molar refractivity (Wildman–Crippen MR) is 63.6 cm³/mol. The Hall–Kier alpha value is -1.34. The van der Waals surface area contributed by atoms with E-state index in [-0.39, 0.29) is 18.0 Å². The SMILES string of the molecule is O=C(O)C(Cl)COc1c(Br)cccc1[N+](=O)[O-]. The number of nitrogens with zero attached hydrogens (tertiary/aromatic N) is 1. The first-order chi connectivity index (χ1) is 7.93. The van der Waals surface area contributed by atoms with E-state index in [2.05, 4.69) is 15.9 Å². The van der Waals surface area contributed by atoms with Crippen molar-refractivity contribution in [3.8, 4) is 5.75 Å². The molecule has 1 aromatic carbocycles. The van der Waals surface area contributed by atoms with E-state index in [9.17, 15) is 14.9 Å². The molecule has 0 aromatic heterocycles. The lowest BCUT2D eigenvalue weighted by molar-refractivity contribution is -0.385. The molecule has 92 valence electrons. The highest BCUT2D eigenvalue weighted by molar-refractivity contribution is 9.10. The van der Waals surface area contributed by atoms with Gasteiger partial charge in [-0.1, -0.05) is 6.07 Å². The summed E-state index contributed by atoms with van der Waals surface area (Å²) < 4.78 is 5.41. The van der Waals surface area contributed by atoms with Crippen LogP contribution in [0.25, 0.3) is 0 Å². The number of nitro groups is 1. The van der Waals surface area contributed by atoms with E-state index < -0.39 is 16.3 Å². The fraction of sp³-hybridized carbons (Fsp3) is 0.222. The number of benzene rings is 1. The molecule has 8 heteroatoms. The molecular formula is C9H7BrClNO5. The monoisotopic (exact) mass is 323 g/mol. The second-order valence-electron chi connectivity index (χ2n) is 2.96. The number of carboxylic acid groups (broad SMARTS) is 1. The largest absolute Gasteiger partial charge is 0.484 e. The van der Waals surface area contributed by atoms with E-state index in [4.69, 9.17) is 21.4 Å². The maximum Gasteiger partial charge on any atom is 0.325 e. The fourth-order valence-corrected chi connectivity index (χ4v) is 1.55. The predicted octanol–water partition coefficient (Wildman–Crippen LogP) is 2.43. The molecule has 0 spiro atoms. The van der Waals surface area contributed by atoms with Crippen LogP contribution in [0.4, 0.5) is 5.69 Å². The van der Waals surface area contributed by atoms with Crippen LogP contribution in [0.5, 0.6) is 5.75 Å². The van der Waals surface area contributed by atoms with Gasteiger partial charge in [-0.25, -0.2) is 0 Å². The first kappa shape index (κ1) is 13.7. The number of alkyl halides is 1. The maximum absolute atomic E-state index is 10.7. The summed E-state index contributed by atoms with van der Waals surface area (Å²) in [6, 6.07) is 4.28. The third-order valence-corrected chi connectivity index (χ3v) is 2.72. The van der Waals surface area contributed by atoms with Gasteiger partial charge in [-0.3, -0.25) is 14.9 Å². The number of hydrogen-bond acceptors (Lipinski definition) is 4. The van der Waals surface area contributed by atoms with E-state index in [0.29, 0.717) is 4.47 Å². The smallest absolute Gasteiger partial charge is 0.325 e. The fourth-order valence-electron chi connectivity index (χ4n) is 1.01. The number of hydrogen-bond donors (Lipinski definition) is 1. The molecule has 1 rings (SSSR count). The number of carboxylic acids is 1. The molecule has 1 unspecified atom stereocenters. The Kier molecular flexibility index (Phi) is 4.71. The van der Waals surface area contributed by atoms with Gasteiger partial charge in [0.25, 0.3) is 0 Å². The summed E-state index contributed by atoms with van der Waals surface area (Å²) in [4.78, 5) is 20.6. The van der Waals surface area contributed by atoms with Crippen molar-refractivity contribution in [1.82, 2.24) is 0 Å². The van der Waals surface area contributed by atoms with Gasteiger partial charge in [-0.05, 0) is 22.0 Å². The molecule has 0 saturated heterocycles. The number of halogens is 2. The van der Waals surface area contributed by atoms with E-state index >= 15 is 0 Å². The topological polar surface area (TPSA) is 89.7 Å². The van der Waals surface area contributed by atoms with Gasteiger partial charge in [0.05, 0.1) is 9.40 Å². The number of para-hydroxylation sites is 1. The van der Waals surface area contributed by atoms with Crippen LogP contribution in [-0.4, -0.2) is 28.0 Å². The maximum atomic E-state index is 10.7. The van der Waals surface area contributed by atoms with E-state index in [1.807, 2.05) is 0 Å². The quantitative estimate of drug-likeness (QED) is 0.510. The summed E-state index contributed by atoms with van der Waals surface area (Å²) >= 11 is 8.52. The zero-order chi connectivity index (χ0) is 13.0. The standard InChI is InChI=1S/C9H7BrClNO5/c10-5-2-1-3-7(12(15)16)8(5)17-4-6(11)9(13)14/h1-3,6H,4H2,(H,13,14). The van der Waals surface area contributed by atoms with Crippen molar-refractivity contribution in [3.63, 3.8) is 0 Å². The second-order valence-corrected chi connectivity index (χ2v) is 4.34. The first-order valence-electron chi connectivity index (χ1n) is 4.36. The lowest BCUT2D eigenvalue weighted by Crippen LogP contribution is -2.21. The van der Waals surface area contributed by atoms with Crippen LogP contribution in [0.3, 0.4) is 0 Å². The van der Waals surface area contributed by atoms with Gasteiger partial charge in [0.15, 0.2) is 5.38 Å². The number of rotatable bonds is 5. The minimum Gasteiger partial charge on any atom is -0.484 e. The molecule has 0 amide bonds. The Labute approximate surface area is 109 Å². The summed E-state index contributed by atoms with van der Waals surface area (Å²) in [6.45, 7) is -0.361. The van der Waals surface area contributed by atoms with Gasteiger partial charge in [-0.2, -0.15) is 0 Å². The summed E-state index contributed by atoms with van der Waals surface area (Å²) in [5.41, 5.74) is -0.256. The Bertz CT molecular complexity index is 453. The molecule has 0 saturated carbocycles. The number of ether oxygens (including phenoxy) is 1. The zero-order valence-electron chi connectivity index (χ0n) is 8.30. The molecule has 0 aliphatic heterocycles. The number of carbonyl (C=O) groups is 1. The van der Waals surface area contributed by atoms with Gasteiger partial charge in [-0.15, -0.1) is 11.6 Å². The number of aliphatic carboxylic acids is 1. The molecule has 17 heavy (non-hydrogen) atoms. The first-order valence-corrected chi connectivity index (χ1v) is 5.59. The molecule has 0 heterocycles. The van der Waals surface area contributed by atoms with Crippen LogP contribution in [0.15, 0.2) is 22.7 Å². The van der Waals surface area contributed by atoms with Crippen molar-refractivity contribution in [3.05, 3.63) is 32.8 Å². The van der Waals surface area contributed by atoms with Gasteiger partial charge in [0, 0.05) is 6.07 Å². The molecule has 1 atom stereocenters. The highest BCUT2D eigenvalue weighted by Crippen LogP contribution is 2.34. The van der Waals surface area contributed by atoms with E-state index in [1.165, 1.54) is 12.1 Å². The highest BCUT2D eigenvalue weighted by atomic mass is 79.9. The molecule has 1 aromatic rings. The zero-order valence-corrected chi connectivity index (χ0v) is 10.6. The van der Waals surface area contributed by atoms with Crippen LogP contribution in [0, 0.1) is 10.1 Å². The summed E-state index contributed by atoms with van der Waals surface area (Å²) in [6.07, 6.45) is 0. The Morgan fingerprint density at radius 3 is 2.82 bits per heavy atom. The van der Waals surface area contributed by atoms with Gasteiger partial charge in [0.2, 0.25) is 5.75 Å². The number of nitro benzene ring substituents is 1. The van der Waals surface area contributed by atoms with Crippen LogP contribution < -0.4 is 4.74 Å².